The maximum atomic E-state index is 8.65. The van der Waals surface area contributed by atoms with E-state index in [4.69, 9.17) is 5.11 Å². The minimum Gasteiger partial charge on any atom is -0.396 e. The van der Waals surface area contributed by atoms with E-state index in [2.05, 4.69) is 17.2 Å². The first-order valence-electron chi connectivity index (χ1n) is 5.36. The van der Waals surface area contributed by atoms with E-state index in [0.717, 1.165) is 25.1 Å². The number of aliphatic hydroxyl groups excluding tert-OH is 1. The van der Waals surface area contributed by atoms with Gasteiger partial charge in [0.15, 0.2) is 0 Å². The molecule has 0 aliphatic heterocycles. The molecule has 0 aliphatic carbocycles. The summed E-state index contributed by atoms with van der Waals surface area (Å²) >= 11 is 0. The minimum atomic E-state index is 0.225. The third kappa shape index (κ3) is 3.87. The van der Waals surface area contributed by atoms with Crippen molar-refractivity contribution < 1.29 is 5.11 Å². The van der Waals surface area contributed by atoms with E-state index in [1.807, 2.05) is 10.9 Å². The van der Waals surface area contributed by atoms with E-state index in [0.29, 0.717) is 0 Å². The molecular formula is C10H19N3O. The van der Waals surface area contributed by atoms with Gasteiger partial charge in [0.2, 0.25) is 0 Å². The van der Waals surface area contributed by atoms with Crippen LogP contribution in [0.1, 0.15) is 38.3 Å². The molecular weight excluding hydrogens is 178 g/mol. The van der Waals surface area contributed by atoms with Crippen LogP contribution in [0.25, 0.3) is 0 Å². The Bertz CT molecular complexity index is 247. The lowest BCUT2D eigenvalue weighted by Crippen LogP contribution is -1.98. The Kier molecular flexibility index (Phi) is 5.22. The van der Waals surface area contributed by atoms with Crippen LogP contribution in [0, 0.1) is 0 Å². The monoisotopic (exact) mass is 197 g/mol. The van der Waals surface area contributed by atoms with Crippen molar-refractivity contribution in [3.8, 4) is 0 Å². The Morgan fingerprint density at radius 3 is 2.93 bits per heavy atom. The van der Waals surface area contributed by atoms with Crippen LogP contribution in [-0.2, 0) is 13.0 Å². The lowest BCUT2D eigenvalue weighted by atomic mass is 10.2. The molecule has 0 bridgehead atoms. The summed E-state index contributed by atoms with van der Waals surface area (Å²) in [4.78, 5) is 0. The van der Waals surface area contributed by atoms with Crippen molar-refractivity contribution in [2.75, 3.05) is 6.61 Å². The van der Waals surface area contributed by atoms with Crippen LogP contribution >= 0.6 is 0 Å². The van der Waals surface area contributed by atoms with Gasteiger partial charge in [-0.1, -0.05) is 25.0 Å². The lowest BCUT2D eigenvalue weighted by molar-refractivity contribution is 0.288. The fourth-order valence-corrected chi connectivity index (χ4v) is 1.35. The summed E-state index contributed by atoms with van der Waals surface area (Å²) in [5, 5.41) is 16.7. The maximum Gasteiger partial charge on any atom is 0.0828 e. The van der Waals surface area contributed by atoms with Gasteiger partial charge in [-0.2, -0.15) is 0 Å². The van der Waals surface area contributed by atoms with Gasteiger partial charge in [-0.05, 0) is 19.3 Å². The summed E-state index contributed by atoms with van der Waals surface area (Å²) in [5.41, 5.74) is 0.982. The molecule has 1 aromatic rings. The zero-order valence-corrected chi connectivity index (χ0v) is 8.82. The number of nitrogens with zero attached hydrogens (tertiary/aromatic N) is 3. The molecule has 0 amide bonds. The Hall–Kier alpha value is -0.900. The molecule has 0 aliphatic rings. The molecule has 1 heterocycles. The molecule has 4 nitrogen and oxygen atoms in total. The predicted molar refractivity (Wildman–Crippen MR) is 55.0 cm³/mol. The van der Waals surface area contributed by atoms with Gasteiger partial charge >= 0.3 is 0 Å². The fraction of sp³-hybridized carbons (Fsp3) is 0.800. The average Bonchev–Trinajstić information content (AvgIpc) is 2.63. The number of rotatable bonds is 7. The highest BCUT2D eigenvalue weighted by molar-refractivity contribution is 4.91. The first kappa shape index (κ1) is 11.2. The fourth-order valence-electron chi connectivity index (χ4n) is 1.35. The third-order valence-corrected chi connectivity index (χ3v) is 2.17. The van der Waals surface area contributed by atoms with Crippen LogP contribution in [0.3, 0.4) is 0 Å². The second-order valence-electron chi connectivity index (χ2n) is 3.51. The molecule has 0 aromatic carbocycles. The Balaban J connectivity index is 2.27. The van der Waals surface area contributed by atoms with Crippen LogP contribution in [0.2, 0.25) is 0 Å². The molecule has 0 spiro atoms. The normalized spacial score (nSPS) is 10.7. The second kappa shape index (κ2) is 6.54. The highest BCUT2D eigenvalue weighted by atomic mass is 16.2. The van der Waals surface area contributed by atoms with E-state index >= 15 is 0 Å². The molecule has 0 saturated heterocycles. The minimum absolute atomic E-state index is 0.225. The van der Waals surface area contributed by atoms with Crippen molar-refractivity contribution in [1.29, 1.82) is 0 Å². The molecule has 80 valence electrons. The molecule has 14 heavy (non-hydrogen) atoms. The van der Waals surface area contributed by atoms with E-state index in [1.165, 1.54) is 19.3 Å². The highest BCUT2D eigenvalue weighted by Gasteiger charge is 1.99. The number of hydrogen-bond donors (Lipinski definition) is 1. The molecule has 4 heteroatoms. The predicted octanol–water partition coefficient (Wildman–Crippen LogP) is 1.39. The lowest BCUT2D eigenvalue weighted by Gasteiger charge is -1.97. The molecule has 0 radical (unpaired) electrons. The molecule has 1 rings (SSSR count). The average molecular weight is 197 g/mol. The summed E-state index contributed by atoms with van der Waals surface area (Å²) in [5.74, 6) is 0. The van der Waals surface area contributed by atoms with Crippen molar-refractivity contribution in [3.63, 3.8) is 0 Å². The second-order valence-corrected chi connectivity index (χ2v) is 3.51. The van der Waals surface area contributed by atoms with Gasteiger partial charge in [-0.3, -0.25) is 4.68 Å². The Morgan fingerprint density at radius 2 is 2.21 bits per heavy atom. The van der Waals surface area contributed by atoms with Gasteiger partial charge in [0.25, 0.3) is 0 Å². The van der Waals surface area contributed by atoms with Gasteiger partial charge in [0, 0.05) is 19.3 Å². The van der Waals surface area contributed by atoms with Gasteiger partial charge < -0.3 is 5.11 Å². The molecule has 0 saturated carbocycles. The largest absolute Gasteiger partial charge is 0.396 e. The molecule has 0 unspecified atom stereocenters. The van der Waals surface area contributed by atoms with Crippen LogP contribution < -0.4 is 0 Å². The van der Waals surface area contributed by atoms with Crippen molar-refractivity contribution in [1.82, 2.24) is 15.0 Å². The van der Waals surface area contributed by atoms with E-state index < -0.39 is 0 Å². The maximum absolute atomic E-state index is 8.65. The zero-order valence-electron chi connectivity index (χ0n) is 8.82. The van der Waals surface area contributed by atoms with Gasteiger partial charge in [-0.15, -0.1) is 5.10 Å². The van der Waals surface area contributed by atoms with Crippen LogP contribution in [0.5, 0.6) is 0 Å². The molecule has 1 N–H and O–H groups in total. The van der Waals surface area contributed by atoms with Crippen molar-refractivity contribution in [2.24, 2.45) is 0 Å². The molecule has 0 atom stereocenters. The van der Waals surface area contributed by atoms with Gasteiger partial charge in [0.05, 0.1) is 5.69 Å². The topological polar surface area (TPSA) is 50.9 Å². The first-order chi connectivity index (χ1) is 6.86. The smallest absolute Gasteiger partial charge is 0.0828 e. The summed E-state index contributed by atoms with van der Waals surface area (Å²) < 4.78 is 1.89. The van der Waals surface area contributed by atoms with Crippen molar-refractivity contribution in [3.05, 3.63) is 11.9 Å². The zero-order chi connectivity index (χ0) is 10.2. The number of hydrogen-bond acceptors (Lipinski definition) is 3. The van der Waals surface area contributed by atoms with Crippen LogP contribution in [0.4, 0.5) is 0 Å². The number of aromatic nitrogens is 3. The van der Waals surface area contributed by atoms with E-state index in [1.54, 1.807) is 0 Å². The summed E-state index contributed by atoms with van der Waals surface area (Å²) in [6.07, 6.45) is 7.21. The quantitative estimate of drug-likeness (QED) is 0.672. The summed E-state index contributed by atoms with van der Waals surface area (Å²) in [6.45, 7) is 3.37. The molecule has 1 aromatic heterocycles. The Morgan fingerprint density at radius 1 is 1.36 bits per heavy atom. The van der Waals surface area contributed by atoms with E-state index in [9.17, 15) is 0 Å². The van der Waals surface area contributed by atoms with Crippen LogP contribution in [-0.4, -0.2) is 26.7 Å². The highest BCUT2D eigenvalue weighted by Crippen LogP contribution is 2.00. The third-order valence-electron chi connectivity index (χ3n) is 2.17. The summed E-state index contributed by atoms with van der Waals surface area (Å²) in [6, 6.07) is 0. The van der Waals surface area contributed by atoms with Crippen LogP contribution in [0.15, 0.2) is 6.20 Å². The Labute approximate surface area is 84.9 Å². The van der Waals surface area contributed by atoms with Crippen molar-refractivity contribution in [2.45, 2.75) is 45.6 Å². The van der Waals surface area contributed by atoms with Crippen molar-refractivity contribution >= 4 is 0 Å². The number of aryl methyl sites for hydroxylation is 2. The SMILES string of the molecule is CCCCCn1cc(CCCO)nn1. The standard InChI is InChI=1S/C10H19N3O/c1-2-3-4-7-13-9-10(11-12-13)6-5-8-14/h9,14H,2-8H2,1H3. The van der Waals surface area contributed by atoms with Gasteiger partial charge in [0.1, 0.15) is 0 Å². The number of aliphatic hydroxyl groups is 1. The molecule has 0 fully saturated rings. The van der Waals surface area contributed by atoms with Gasteiger partial charge in [-0.25, -0.2) is 0 Å². The first-order valence-corrected chi connectivity index (χ1v) is 5.36. The number of unbranched alkanes of at least 4 members (excludes halogenated alkanes) is 2. The van der Waals surface area contributed by atoms with E-state index in [-0.39, 0.29) is 6.61 Å². The summed E-state index contributed by atoms with van der Waals surface area (Å²) in [7, 11) is 0.